The number of rotatable bonds is 5. The summed E-state index contributed by atoms with van der Waals surface area (Å²) in [6.07, 6.45) is 3.71. The van der Waals surface area contributed by atoms with Crippen molar-refractivity contribution in [3.8, 4) is 0 Å². The van der Waals surface area contributed by atoms with Gasteiger partial charge in [-0.05, 0) is 50.9 Å². The van der Waals surface area contributed by atoms with Gasteiger partial charge in [0.1, 0.15) is 0 Å². The standard InChI is InChI=1S/C13H28N2O/c1-13(2,6-11-16-3)12-15-9-4-7-14-8-5-10-15/h14H,4-12H2,1-3H3. The minimum Gasteiger partial charge on any atom is -0.385 e. The van der Waals surface area contributed by atoms with Gasteiger partial charge in [0.2, 0.25) is 0 Å². The molecule has 0 spiro atoms. The van der Waals surface area contributed by atoms with Crippen LogP contribution in [0.3, 0.4) is 0 Å². The van der Waals surface area contributed by atoms with Crippen LogP contribution in [0.15, 0.2) is 0 Å². The quantitative estimate of drug-likeness (QED) is 0.775. The van der Waals surface area contributed by atoms with Crippen molar-refractivity contribution in [2.24, 2.45) is 5.41 Å². The second kappa shape index (κ2) is 7.25. The van der Waals surface area contributed by atoms with Gasteiger partial charge in [0.05, 0.1) is 0 Å². The highest BCUT2D eigenvalue weighted by molar-refractivity contribution is 4.75. The van der Waals surface area contributed by atoms with Crippen LogP contribution in [0.2, 0.25) is 0 Å². The van der Waals surface area contributed by atoms with E-state index in [1.807, 2.05) is 0 Å². The lowest BCUT2D eigenvalue weighted by atomic mass is 9.89. The highest BCUT2D eigenvalue weighted by Gasteiger charge is 2.21. The lowest BCUT2D eigenvalue weighted by Gasteiger charge is -2.33. The molecule has 3 nitrogen and oxygen atoms in total. The zero-order valence-electron chi connectivity index (χ0n) is 11.2. The van der Waals surface area contributed by atoms with Crippen LogP contribution in [0.25, 0.3) is 0 Å². The summed E-state index contributed by atoms with van der Waals surface area (Å²) >= 11 is 0. The van der Waals surface area contributed by atoms with Crippen molar-refractivity contribution in [1.82, 2.24) is 10.2 Å². The Kier molecular flexibility index (Phi) is 6.32. The van der Waals surface area contributed by atoms with Gasteiger partial charge in [0.25, 0.3) is 0 Å². The minimum atomic E-state index is 0.378. The van der Waals surface area contributed by atoms with Gasteiger partial charge >= 0.3 is 0 Å². The molecule has 96 valence electrons. The monoisotopic (exact) mass is 228 g/mol. The Morgan fingerprint density at radius 3 is 2.38 bits per heavy atom. The van der Waals surface area contributed by atoms with Crippen LogP contribution in [0, 0.1) is 5.41 Å². The lowest BCUT2D eigenvalue weighted by Crippen LogP contribution is -2.39. The molecule has 0 amide bonds. The molecule has 0 aromatic rings. The average molecular weight is 228 g/mol. The van der Waals surface area contributed by atoms with Gasteiger partial charge in [-0.2, -0.15) is 0 Å². The highest BCUT2D eigenvalue weighted by Crippen LogP contribution is 2.22. The fraction of sp³-hybridized carbons (Fsp3) is 1.00. The van der Waals surface area contributed by atoms with Crippen molar-refractivity contribution in [2.75, 3.05) is 46.4 Å². The second-order valence-electron chi connectivity index (χ2n) is 5.64. The number of hydrogen-bond acceptors (Lipinski definition) is 3. The molecule has 0 saturated carbocycles. The molecule has 0 atom stereocenters. The predicted molar refractivity (Wildman–Crippen MR) is 68.8 cm³/mol. The van der Waals surface area contributed by atoms with Gasteiger partial charge in [-0.1, -0.05) is 13.8 Å². The number of methoxy groups -OCH3 is 1. The van der Waals surface area contributed by atoms with E-state index in [2.05, 4.69) is 24.1 Å². The van der Waals surface area contributed by atoms with E-state index in [1.165, 1.54) is 45.6 Å². The van der Waals surface area contributed by atoms with Crippen molar-refractivity contribution in [3.63, 3.8) is 0 Å². The molecule has 0 unspecified atom stereocenters. The first kappa shape index (κ1) is 13.9. The number of ether oxygens (including phenoxy) is 1. The fourth-order valence-corrected chi connectivity index (χ4v) is 2.31. The SMILES string of the molecule is COCCC(C)(C)CN1CCCNCCC1. The smallest absolute Gasteiger partial charge is 0.0467 e. The van der Waals surface area contributed by atoms with Crippen LogP contribution in [0.5, 0.6) is 0 Å². The second-order valence-corrected chi connectivity index (χ2v) is 5.64. The van der Waals surface area contributed by atoms with Gasteiger partial charge in [-0.25, -0.2) is 0 Å². The van der Waals surface area contributed by atoms with E-state index in [0.717, 1.165) is 13.0 Å². The van der Waals surface area contributed by atoms with Gasteiger partial charge in [0, 0.05) is 20.3 Å². The Hall–Kier alpha value is -0.120. The molecule has 0 aromatic carbocycles. The van der Waals surface area contributed by atoms with Crippen LogP contribution >= 0.6 is 0 Å². The molecule has 1 heterocycles. The molecule has 16 heavy (non-hydrogen) atoms. The summed E-state index contributed by atoms with van der Waals surface area (Å²) in [4.78, 5) is 2.62. The summed E-state index contributed by atoms with van der Waals surface area (Å²) in [6, 6.07) is 0. The van der Waals surface area contributed by atoms with Crippen molar-refractivity contribution < 1.29 is 4.74 Å². The Morgan fingerprint density at radius 2 is 1.81 bits per heavy atom. The molecule has 1 fully saturated rings. The molecule has 3 heteroatoms. The van der Waals surface area contributed by atoms with Crippen molar-refractivity contribution >= 4 is 0 Å². The molecule has 1 rings (SSSR count). The molecule has 1 aliphatic heterocycles. The van der Waals surface area contributed by atoms with Crippen LogP contribution < -0.4 is 5.32 Å². The van der Waals surface area contributed by atoms with Crippen molar-refractivity contribution in [2.45, 2.75) is 33.1 Å². The maximum Gasteiger partial charge on any atom is 0.0467 e. The maximum atomic E-state index is 5.18. The summed E-state index contributed by atoms with van der Waals surface area (Å²) in [5.41, 5.74) is 0.378. The molecule has 0 aliphatic carbocycles. The van der Waals surface area contributed by atoms with E-state index < -0.39 is 0 Å². The van der Waals surface area contributed by atoms with E-state index >= 15 is 0 Å². The van der Waals surface area contributed by atoms with Gasteiger partial charge in [0.15, 0.2) is 0 Å². The molecule has 1 aliphatic rings. The summed E-state index contributed by atoms with van der Waals surface area (Å²) in [5.74, 6) is 0. The van der Waals surface area contributed by atoms with E-state index in [9.17, 15) is 0 Å². The van der Waals surface area contributed by atoms with Crippen LogP contribution in [-0.2, 0) is 4.74 Å². The predicted octanol–water partition coefficient (Wildman–Crippen LogP) is 1.73. The maximum absolute atomic E-state index is 5.18. The van der Waals surface area contributed by atoms with Gasteiger partial charge < -0.3 is 15.0 Å². The van der Waals surface area contributed by atoms with Crippen LogP contribution in [-0.4, -0.2) is 51.3 Å². The average Bonchev–Trinajstić information content (AvgIpc) is 2.19. The summed E-state index contributed by atoms with van der Waals surface area (Å²) < 4.78 is 5.18. The van der Waals surface area contributed by atoms with Crippen LogP contribution in [0.1, 0.15) is 33.1 Å². The Balaban J connectivity index is 2.31. The molecule has 0 aromatic heterocycles. The van der Waals surface area contributed by atoms with Gasteiger partial charge in [-0.3, -0.25) is 0 Å². The zero-order valence-corrected chi connectivity index (χ0v) is 11.2. The highest BCUT2D eigenvalue weighted by atomic mass is 16.5. The minimum absolute atomic E-state index is 0.378. The third kappa shape index (κ3) is 5.83. The number of nitrogens with zero attached hydrogens (tertiary/aromatic N) is 1. The number of nitrogens with one attached hydrogen (secondary N) is 1. The van der Waals surface area contributed by atoms with E-state index in [4.69, 9.17) is 4.74 Å². The first-order valence-corrected chi connectivity index (χ1v) is 6.56. The molecular weight excluding hydrogens is 200 g/mol. The summed E-state index contributed by atoms with van der Waals surface area (Å²) in [7, 11) is 1.79. The Labute approximate surface area is 101 Å². The lowest BCUT2D eigenvalue weighted by molar-refractivity contribution is 0.112. The third-order valence-corrected chi connectivity index (χ3v) is 3.29. The van der Waals surface area contributed by atoms with Crippen molar-refractivity contribution in [3.05, 3.63) is 0 Å². The summed E-state index contributed by atoms with van der Waals surface area (Å²) in [5, 5.41) is 3.46. The number of hydrogen-bond donors (Lipinski definition) is 1. The Morgan fingerprint density at radius 1 is 1.19 bits per heavy atom. The molecule has 1 saturated heterocycles. The van der Waals surface area contributed by atoms with Crippen molar-refractivity contribution in [1.29, 1.82) is 0 Å². The van der Waals surface area contributed by atoms with E-state index in [-0.39, 0.29) is 0 Å². The third-order valence-electron chi connectivity index (χ3n) is 3.29. The largest absolute Gasteiger partial charge is 0.385 e. The topological polar surface area (TPSA) is 24.5 Å². The van der Waals surface area contributed by atoms with Gasteiger partial charge in [-0.15, -0.1) is 0 Å². The molecule has 0 radical (unpaired) electrons. The zero-order chi connectivity index (χ0) is 11.9. The van der Waals surface area contributed by atoms with E-state index in [0.29, 0.717) is 5.41 Å². The van der Waals surface area contributed by atoms with E-state index in [1.54, 1.807) is 7.11 Å². The molecule has 0 bridgehead atoms. The molecule has 1 N–H and O–H groups in total. The first-order chi connectivity index (χ1) is 7.64. The first-order valence-electron chi connectivity index (χ1n) is 6.56. The fourth-order valence-electron chi connectivity index (χ4n) is 2.31. The summed E-state index contributed by atoms with van der Waals surface area (Å²) in [6.45, 7) is 11.6. The normalized spacial score (nSPS) is 20.4. The molecular formula is C13H28N2O. The Bertz CT molecular complexity index is 175. The van der Waals surface area contributed by atoms with Crippen LogP contribution in [0.4, 0.5) is 0 Å².